The van der Waals surface area contributed by atoms with Gasteiger partial charge >= 0.3 is 5.97 Å². The first kappa shape index (κ1) is 29.9. The van der Waals surface area contributed by atoms with Gasteiger partial charge in [0.05, 0.1) is 18.6 Å². The molecule has 12 nitrogen and oxygen atoms in total. The molecule has 1 aromatic carbocycles. The Labute approximate surface area is 207 Å². The van der Waals surface area contributed by atoms with Crippen molar-refractivity contribution in [2.75, 3.05) is 12.0 Å². The topological polar surface area (TPSA) is 214 Å². The summed E-state index contributed by atoms with van der Waals surface area (Å²) in [5, 5.41) is 26.3. The van der Waals surface area contributed by atoms with Gasteiger partial charge in [-0.15, -0.1) is 0 Å². The van der Waals surface area contributed by atoms with Crippen LogP contribution in [0.5, 0.6) is 0 Å². The van der Waals surface area contributed by atoms with E-state index in [1.165, 1.54) is 18.7 Å². The highest BCUT2D eigenvalue weighted by Gasteiger charge is 2.32. The van der Waals surface area contributed by atoms with Crippen LogP contribution in [0.4, 0.5) is 0 Å². The second-order valence-electron chi connectivity index (χ2n) is 7.94. The second-order valence-corrected chi connectivity index (χ2v) is 8.92. The zero-order valence-corrected chi connectivity index (χ0v) is 20.4. The van der Waals surface area contributed by atoms with E-state index in [0.717, 1.165) is 5.56 Å². The van der Waals surface area contributed by atoms with Gasteiger partial charge in [0.1, 0.15) is 18.1 Å². The fraction of sp³-hybridized carbons (Fsp3) is 0.500. The molecule has 9 N–H and O–H groups in total. The predicted molar refractivity (Wildman–Crippen MR) is 130 cm³/mol. The van der Waals surface area contributed by atoms with E-state index in [9.17, 15) is 34.2 Å². The number of thioether (sulfide) groups is 1. The van der Waals surface area contributed by atoms with Crippen LogP contribution >= 0.6 is 11.8 Å². The van der Waals surface area contributed by atoms with E-state index in [1.807, 2.05) is 6.07 Å². The molecule has 194 valence electrons. The molecule has 0 spiro atoms. The smallest absolute Gasteiger partial charge is 0.326 e. The van der Waals surface area contributed by atoms with Crippen molar-refractivity contribution >= 4 is 41.4 Å². The third kappa shape index (κ3) is 10.8. The minimum atomic E-state index is -1.57. The quantitative estimate of drug-likeness (QED) is 0.140. The number of carboxylic acids is 1. The van der Waals surface area contributed by atoms with E-state index >= 15 is 0 Å². The first-order valence-electron chi connectivity index (χ1n) is 10.8. The lowest BCUT2D eigenvalue weighted by molar-refractivity contribution is -0.144. The molecule has 1 rings (SSSR count). The van der Waals surface area contributed by atoms with Gasteiger partial charge in [-0.1, -0.05) is 30.3 Å². The van der Waals surface area contributed by atoms with Gasteiger partial charge in [-0.25, -0.2) is 4.79 Å². The average Bonchev–Trinajstić information content (AvgIpc) is 2.79. The number of aliphatic hydroxyl groups is 1. The lowest BCUT2D eigenvalue weighted by Gasteiger charge is -2.26. The molecule has 0 aliphatic carbocycles. The van der Waals surface area contributed by atoms with Gasteiger partial charge in [-0.2, -0.15) is 11.8 Å². The molecule has 0 bridgehead atoms. The molecule has 0 saturated heterocycles. The molecular weight excluding hydrogens is 478 g/mol. The maximum absolute atomic E-state index is 12.9. The lowest BCUT2D eigenvalue weighted by atomic mass is 10.0. The van der Waals surface area contributed by atoms with E-state index < -0.39 is 66.3 Å². The third-order valence-electron chi connectivity index (χ3n) is 4.96. The van der Waals surface area contributed by atoms with Crippen molar-refractivity contribution in [2.45, 2.75) is 56.5 Å². The van der Waals surface area contributed by atoms with Crippen molar-refractivity contribution in [1.29, 1.82) is 0 Å². The molecule has 0 aliphatic heterocycles. The van der Waals surface area contributed by atoms with Gasteiger partial charge in [0.25, 0.3) is 0 Å². The van der Waals surface area contributed by atoms with Crippen molar-refractivity contribution in [3.63, 3.8) is 0 Å². The van der Waals surface area contributed by atoms with Crippen LogP contribution in [0.15, 0.2) is 30.3 Å². The monoisotopic (exact) mass is 511 g/mol. The molecule has 1 aromatic rings. The van der Waals surface area contributed by atoms with Gasteiger partial charge in [0, 0.05) is 0 Å². The van der Waals surface area contributed by atoms with E-state index in [2.05, 4.69) is 16.0 Å². The number of nitrogens with one attached hydrogen (secondary N) is 3. The van der Waals surface area contributed by atoms with E-state index in [-0.39, 0.29) is 12.8 Å². The third-order valence-corrected chi connectivity index (χ3v) is 5.61. The summed E-state index contributed by atoms with van der Waals surface area (Å²) in [4.78, 5) is 60.6. The Kier molecular flexibility index (Phi) is 12.8. The van der Waals surface area contributed by atoms with Crippen LogP contribution in [-0.2, 0) is 30.4 Å². The summed E-state index contributed by atoms with van der Waals surface area (Å²) in [6.07, 6.45) is 0.145. The zero-order chi connectivity index (χ0) is 26.5. The van der Waals surface area contributed by atoms with Crippen molar-refractivity contribution in [3.8, 4) is 0 Å². The van der Waals surface area contributed by atoms with Crippen molar-refractivity contribution in [2.24, 2.45) is 11.5 Å². The summed E-state index contributed by atoms with van der Waals surface area (Å²) in [7, 11) is 0. The molecule has 5 atom stereocenters. The van der Waals surface area contributed by atoms with E-state index in [0.29, 0.717) is 5.75 Å². The number of carbonyl (C=O) groups excluding carboxylic acids is 4. The Hall–Kier alpha value is -3.16. The number of primary amides is 1. The molecule has 0 radical (unpaired) electrons. The highest BCUT2D eigenvalue weighted by atomic mass is 32.2. The van der Waals surface area contributed by atoms with Gasteiger partial charge in [-0.3, -0.25) is 19.2 Å². The summed E-state index contributed by atoms with van der Waals surface area (Å²) in [5.41, 5.74) is 11.8. The minimum absolute atomic E-state index is 0.121. The Balaban J connectivity index is 2.90. The number of aliphatic carboxylic acids is 1. The molecule has 35 heavy (non-hydrogen) atoms. The number of nitrogens with two attached hydrogens (primary N) is 2. The SMILES string of the molecule is CSCCC(NC(=O)C(NC(=O)C(N)Cc1ccccc1)C(C)O)C(=O)NC(CC(N)=O)C(=O)O. The largest absolute Gasteiger partial charge is 0.480 e. The Morgan fingerprint density at radius 3 is 2.09 bits per heavy atom. The van der Waals surface area contributed by atoms with Crippen LogP contribution in [0.1, 0.15) is 25.3 Å². The average molecular weight is 512 g/mol. The predicted octanol–water partition coefficient (Wildman–Crippen LogP) is -1.90. The summed E-state index contributed by atoms with van der Waals surface area (Å²) in [6, 6.07) is 3.82. The fourth-order valence-corrected chi connectivity index (χ4v) is 3.54. The number of hydrogen-bond acceptors (Lipinski definition) is 8. The number of hydrogen-bond donors (Lipinski definition) is 7. The molecule has 5 unspecified atom stereocenters. The molecule has 0 heterocycles. The summed E-state index contributed by atoms with van der Waals surface area (Å²) < 4.78 is 0. The minimum Gasteiger partial charge on any atom is -0.480 e. The normalized spacial score (nSPS) is 15.1. The maximum Gasteiger partial charge on any atom is 0.326 e. The first-order valence-corrected chi connectivity index (χ1v) is 12.2. The standard InChI is InChI=1S/C22H33N5O7S/c1-12(28)18(27-19(30)14(23)10-13-6-4-3-5-7-13)21(32)25-15(8-9-35-2)20(31)26-16(22(33)34)11-17(24)29/h3-7,12,14-16,18,28H,8-11,23H2,1-2H3,(H2,24,29)(H,25,32)(H,26,31)(H,27,30)(H,33,34). The highest BCUT2D eigenvalue weighted by Crippen LogP contribution is 2.06. The van der Waals surface area contributed by atoms with Crippen molar-refractivity contribution < 1.29 is 34.2 Å². The summed E-state index contributed by atoms with van der Waals surface area (Å²) in [6.45, 7) is 1.29. The molecule has 13 heteroatoms. The number of benzene rings is 1. The van der Waals surface area contributed by atoms with Gasteiger partial charge < -0.3 is 37.6 Å². The van der Waals surface area contributed by atoms with Crippen LogP contribution in [0.3, 0.4) is 0 Å². The van der Waals surface area contributed by atoms with Crippen LogP contribution in [0.2, 0.25) is 0 Å². The number of amides is 4. The molecule has 0 fully saturated rings. The fourth-order valence-electron chi connectivity index (χ4n) is 3.07. The summed E-state index contributed by atoms with van der Waals surface area (Å²) >= 11 is 1.38. The molecule has 4 amide bonds. The van der Waals surface area contributed by atoms with Crippen molar-refractivity contribution in [1.82, 2.24) is 16.0 Å². The van der Waals surface area contributed by atoms with E-state index in [1.54, 1.807) is 30.5 Å². The van der Waals surface area contributed by atoms with Crippen LogP contribution in [-0.4, -0.2) is 82.1 Å². The van der Waals surface area contributed by atoms with Crippen LogP contribution in [0, 0.1) is 0 Å². The number of carboxylic acid groups (broad SMARTS) is 1. The van der Waals surface area contributed by atoms with Gasteiger partial charge in [0.2, 0.25) is 23.6 Å². The molecular formula is C22H33N5O7S. The van der Waals surface area contributed by atoms with E-state index in [4.69, 9.17) is 11.5 Å². The van der Waals surface area contributed by atoms with Crippen molar-refractivity contribution in [3.05, 3.63) is 35.9 Å². The lowest BCUT2D eigenvalue weighted by Crippen LogP contribution is -2.60. The molecule has 0 aliphatic rings. The number of rotatable bonds is 15. The Morgan fingerprint density at radius 1 is 0.971 bits per heavy atom. The Morgan fingerprint density at radius 2 is 1.57 bits per heavy atom. The second kappa shape index (κ2) is 15.0. The highest BCUT2D eigenvalue weighted by molar-refractivity contribution is 7.98. The van der Waals surface area contributed by atoms with Crippen LogP contribution < -0.4 is 27.4 Å². The number of aliphatic hydroxyl groups excluding tert-OH is 1. The summed E-state index contributed by atoms with van der Waals surface area (Å²) in [5.74, 6) is -4.34. The zero-order valence-electron chi connectivity index (χ0n) is 19.6. The Bertz CT molecular complexity index is 884. The molecule has 0 aromatic heterocycles. The van der Waals surface area contributed by atoms with Gasteiger partial charge in [-0.05, 0) is 37.3 Å². The maximum atomic E-state index is 12.9. The molecule has 0 saturated carbocycles. The number of carbonyl (C=O) groups is 5. The van der Waals surface area contributed by atoms with Crippen LogP contribution in [0.25, 0.3) is 0 Å². The van der Waals surface area contributed by atoms with Gasteiger partial charge in [0.15, 0.2) is 0 Å². The first-order chi connectivity index (χ1) is 16.5.